The summed E-state index contributed by atoms with van der Waals surface area (Å²) in [4.78, 5) is 15.2. The van der Waals surface area contributed by atoms with Gasteiger partial charge in [0.25, 0.3) is 0 Å². The lowest BCUT2D eigenvalue weighted by molar-refractivity contribution is -0.384. The summed E-state index contributed by atoms with van der Waals surface area (Å²) in [7, 11) is 0. The number of nitrogens with one attached hydrogen (secondary N) is 3. The molecule has 0 unspecified atom stereocenters. The predicted octanol–water partition coefficient (Wildman–Crippen LogP) is 5.21. The smallest absolute Gasteiger partial charge is 0.313 e. The normalized spacial score (nSPS) is 11.9. The van der Waals surface area contributed by atoms with Crippen molar-refractivity contribution in [2.75, 3.05) is 10.6 Å². The number of nitrogens with zero attached hydrogens (tertiary/aromatic N) is 3. The topological polar surface area (TPSA) is 118 Å². The summed E-state index contributed by atoms with van der Waals surface area (Å²) in [6, 6.07) is 8.45. The molecule has 3 rings (SSSR count). The molecule has 2 heterocycles. The van der Waals surface area contributed by atoms with Crippen molar-refractivity contribution in [3.8, 4) is 5.88 Å². The number of hydrogen-bond acceptors (Lipinski definition) is 7. The molecule has 30 heavy (non-hydrogen) atoms. The zero-order chi connectivity index (χ0) is 21.8. The monoisotopic (exact) mass is 434 g/mol. The summed E-state index contributed by atoms with van der Waals surface area (Å²) in [5.74, 6) is 0.565. The highest BCUT2D eigenvalue weighted by molar-refractivity contribution is 6.33. The maximum atomic E-state index is 13.1. The van der Waals surface area contributed by atoms with Crippen LogP contribution in [0, 0.1) is 15.9 Å². The Labute approximate surface area is 176 Å². The van der Waals surface area contributed by atoms with Crippen molar-refractivity contribution in [3.05, 3.63) is 62.9 Å². The molecule has 3 aromatic rings. The van der Waals surface area contributed by atoms with Gasteiger partial charge in [-0.1, -0.05) is 23.7 Å². The van der Waals surface area contributed by atoms with Crippen LogP contribution >= 0.6 is 11.6 Å². The van der Waals surface area contributed by atoms with Crippen LogP contribution in [0.25, 0.3) is 0 Å². The summed E-state index contributed by atoms with van der Waals surface area (Å²) >= 11 is 6.21. The quantitative estimate of drug-likeness (QED) is 0.329. The molecule has 11 heteroatoms. The van der Waals surface area contributed by atoms with Gasteiger partial charge in [0.2, 0.25) is 11.7 Å². The molecule has 2 aromatic heterocycles. The number of hydrogen-bond donors (Lipinski definition) is 3. The van der Waals surface area contributed by atoms with E-state index in [1.54, 1.807) is 18.2 Å². The van der Waals surface area contributed by atoms with E-state index in [2.05, 4.69) is 25.8 Å². The largest absolute Gasteiger partial charge is 0.474 e. The first-order valence-corrected chi connectivity index (χ1v) is 9.46. The van der Waals surface area contributed by atoms with Crippen LogP contribution in [0.3, 0.4) is 0 Å². The zero-order valence-corrected chi connectivity index (χ0v) is 17.2. The third-order valence-corrected chi connectivity index (χ3v) is 4.33. The molecule has 158 valence electrons. The first-order chi connectivity index (χ1) is 14.2. The third kappa shape index (κ3) is 5.15. The number of nitro groups is 1. The Bertz CT molecular complexity index is 1040. The van der Waals surface area contributed by atoms with Crippen LogP contribution < -0.4 is 15.4 Å². The van der Waals surface area contributed by atoms with Gasteiger partial charge >= 0.3 is 5.69 Å². The van der Waals surface area contributed by atoms with Crippen LogP contribution in [-0.2, 0) is 0 Å². The summed E-state index contributed by atoms with van der Waals surface area (Å²) in [6.07, 6.45) is -0.0760. The van der Waals surface area contributed by atoms with E-state index in [1.807, 2.05) is 20.8 Å². The Kier molecular flexibility index (Phi) is 6.36. The second kappa shape index (κ2) is 8.95. The van der Waals surface area contributed by atoms with E-state index in [1.165, 1.54) is 18.2 Å². The number of halogens is 2. The molecule has 0 saturated carbocycles. The van der Waals surface area contributed by atoms with Gasteiger partial charge in [0.15, 0.2) is 0 Å². The Morgan fingerprint density at radius 3 is 2.53 bits per heavy atom. The summed E-state index contributed by atoms with van der Waals surface area (Å²) in [6.45, 7) is 5.55. The van der Waals surface area contributed by atoms with E-state index >= 15 is 0 Å². The molecular weight excluding hydrogens is 415 g/mol. The van der Waals surface area contributed by atoms with Crippen LogP contribution in [0.5, 0.6) is 5.88 Å². The summed E-state index contributed by atoms with van der Waals surface area (Å²) in [5, 5.41) is 24.1. The van der Waals surface area contributed by atoms with Crippen molar-refractivity contribution < 1.29 is 14.1 Å². The number of ether oxygens (including phenoxy) is 1. The van der Waals surface area contributed by atoms with Crippen LogP contribution in [0.4, 0.5) is 27.5 Å². The van der Waals surface area contributed by atoms with Gasteiger partial charge in [-0.3, -0.25) is 15.2 Å². The Hall–Kier alpha value is -3.40. The van der Waals surface area contributed by atoms with E-state index in [-0.39, 0.29) is 40.3 Å². The molecule has 3 N–H and O–H groups in total. The molecule has 0 aliphatic rings. The van der Waals surface area contributed by atoms with Crippen molar-refractivity contribution in [2.45, 2.75) is 32.9 Å². The van der Waals surface area contributed by atoms with Gasteiger partial charge in [-0.25, -0.2) is 9.37 Å². The van der Waals surface area contributed by atoms with Crippen molar-refractivity contribution in [3.63, 3.8) is 0 Å². The van der Waals surface area contributed by atoms with Gasteiger partial charge in [0.05, 0.1) is 16.0 Å². The molecule has 0 amide bonds. The van der Waals surface area contributed by atoms with Gasteiger partial charge in [-0.15, -0.1) is 5.10 Å². The number of rotatable bonds is 8. The maximum absolute atomic E-state index is 13.1. The molecule has 0 spiro atoms. The van der Waals surface area contributed by atoms with Gasteiger partial charge in [0, 0.05) is 18.2 Å². The van der Waals surface area contributed by atoms with E-state index in [9.17, 15) is 14.5 Å². The number of benzene rings is 1. The number of pyridine rings is 1. The number of anilines is 3. The fourth-order valence-electron chi connectivity index (χ4n) is 2.65. The molecule has 0 saturated heterocycles. The number of aromatic amines is 1. The van der Waals surface area contributed by atoms with E-state index in [0.29, 0.717) is 11.7 Å². The highest BCUT2D eigenvalue weighted by Gasteiger charge is 2.21. The van der Waals surface area contributed by atoms with Crippen molar-refractivity contribution in [2.24, 2.45) is 0 Å². The summed E-state index contributed by atoms with van der Waals surface area (Å²) < 4.78 is 18.6. The first-order valence-electron chi connectivity index (χ1n) is 9.09. The molecule has 0 aliphatic carbocycles. The van der Waals surface area contributed by atoms with Crippen molar-refractivity contribution in [1.82, 2.24) is 15.2 Å². The second-order valence-electron chi connectivity index (χ2n) is 6.77. The predicted molar refractivity (Wildman–Crippen MR) is 112 cm³/mol. The average molecular weight is 435 g/mol. The number of aromatic nitrogens is 3. The first kappa shape index (κ1) is 21.3. The molecule has 1 atom stereocenters. The van der Waals surface area contributed by atoms with E-state index in [0.717, 1.165) is 5.56 Å². The highest BCUT2D eigenvalue weighted by Crippen LogP contribution is 2.34. The van der Waals surface area contributed by atoms with Crippen LogP contribution in [0.1, 0.15) is 32.4 Å². The lowest BCUT2D eigenvalue weighted by atomic mass is 10.1. The molecule has 1 aromatic carbocycles. The maximum Gasteiger partial charge on any atom is 0.313 e. The number of H-pyrrole nitrogens is 1. The Balaban J connectivity index is 1.87. The zero-order valence-electron chi connectivity index (χ0n) is 16.4. The van der Waals surface area contributed by atoms with Gasteiger partial charge in [-0.2, -0.15) is 0 Å². The molecule has 0 aliphatic heterocycles. The Morgan fingerprint density at radius 2 is 1.90 bits per heavy atom. The molecule has 0 radical (unpaired) electrons. The van der Waals surface area contributed by atoms with Crippen molar-refractivity contribution in [1.29, 1.82) is 0 Å². The standard InChI is InChI=1S/C19H20ClFN6O3/c1-10(2)30-17-9-16(25-26-17)23-19-15(27(28)29)8-14(20)18(24-19)22-11(3)12-4-6-13(21)7-5-12/h4-11H,1-3H3,(H3,22,23,24,25,26)/t11-/m0/s1. The lowest BCUT2D eigenvalue weighted by Gasteiger charge is -2.17. The van der Waals surface area contributed by atoms with Crippen molar-refractivity contribution >= 4 is 34.7 Å². The van der Waals surface area contributed by atoms with Crippen LogP contribution in [0.15, 0.2) is 36.4 Å². The SMILES string of the molecule is CC(C)Oc1cc(Nc2nc(N[C@@H](C)c3ccc(F)cc3)c(Cl)cc2[N+](=O)[O-])[nH]n1. The molecule has 9 nitrogen and oxygen atoms in total. The van der Waals surface area contributed by atoms with Gasteiger partial charge < -0.3 is 15.4 Å². The molecular formula is C19H20ClFN6O3. The van der Waals surface area contributed by atoms with E-state index in [4.69, 9.17) is 16.3 Å². The van der Waals surface area contributed by atoms with Crippen LogP contribution in [-0.4, -0.2) is 26.2 Å². The minimum Gasteiger partial charge on any atom is -0.474 e. The van der Waals surface area contributed by atoms with Gasteiger partial charge in [0.1, 0.15) is 17.5 Å². The molecule has 0 bridgehead atoms. The lowest BCUT2D eigenvalue weighted by Crippen LogP contribution is -2.10. The molecule has 0 fully saturated rings. The third-order valence-electron chi connectivity index (χ3n) is 4.04. The van der Waals surface area contributed by atoms with Crippen LogP contribution in [0.2, 0.25) is 5.02 Å². The minimum atomic E-state index is -0.587. The van der Waals surface area contributed by atoms with Gasteiger partial charge in [-0.05, 0) is 38.5 Å². The Morgan fingerprint density at radius 1 is 1.20 bits per heavy atom. The fraction of sp³-hybridized carbons (Fsp3) is 0.263. The second-order valence-corrected chi connectivity index (χ2v) is 7.18. The minimum absolute atomic E-state index is 0.0297. The summed E-state index contributed by atoms with van der Waals surface area (Å²) in [5.41, 5.74) is 0.493. The fourth-order valence-corrected chi connectivity index (χ4v) is 2.85. The van der Waals surface area contributed by atoms with E-state index < -0.39 is 4.92 Å². The average Bonchev–Trinajstić information content (AvgIpc) is 3.10. The highest BCUT2D eigenvalue weighted by atomic mass is 35.5.